The number of amides is 2. The molecule has 2 aromatic rings. The number of nitrogens with zero attached hydrogens (tertiary/aromatic N) is 1. The van der Waals surface area contributed by atoms with Gasteiger partial charge in [-0.05, 0) is 55.5 Å². The van der Waals surface area contributed by atoms with Gasteiger partial charge in [-0.3, -0.25) is 14.9 Å². The molecule has 3 N–H and O–H groups in total. The Labute approximate surface area is 155 Å². The number of guanidine groups is 1. The van der Waals surface area contributed by atoms with Gasteiger partial charge >= 0.3 is 0 Å². The van der Waals surface area contributed by atoms with Crippen molar-refractivity contribution in [3.05, 3.63) is 54.3 Å². The second kappa shape index (κ2) is 8.31. The van der Waals surface area contributed by atoms with Crippen LogP contribution in [0.2, 0.25) is 0 Å². The lowest BCUT2D eigenvalue weighted by atomic mass is 10.1. The van der Waals surface area contributed by atoms with E-state index < -0.39 is 17.8 Å². The van der Waals surface area contributed by atoms with Crippen molar-refractivity contribution >= 4 is 29.1 Å². The quantitative estimate of drug-likeness (QED) is 0.754. The highest BCUT2D eigenvalue weighted by Crippen LogP contribution is 2.17. The van der Waals surface area contributed by atoms with Crippen molar-refractivity contribution in [3.63, 3.8) is 0 Å². The Hall–Kier alpha value is -3.42. The van der Waals surface area contributed by atoms with E-state index in [1.807, 2.05) is 6.92 Å². The number of nitrogens with one attached hydrogen (secondary N) is 3. The number of benzene rings is 2. The molecule has 3 rings (SSSR count). The van der Waals surface area contributed by atoms with Crippen molar-refractivity contribution in [2.24, 2.45) is 4.99 Å². The summed E-state index contributed by atoms with van der Waals surface area (Å²) >= 11 is 0. The third-order valence-corrected chi connectivity index (χ3v) is 3.76. The first-order chi connectivity index (χ1) is 13.0. The Kier molecular flexibility index (Phi) is 5.65. The zero-order valence-electron chi connectivity index (χ0n) is 14.7. The first kappa shape index (κ1) is 18.4. The van der Waals surface area contributed by atoms with Gasteiger partial charge in [0.15, 0.2) is 0 Å². The highest BCUT2D eigenvalue weighted by atomic mass is 19.1. The van der Waals surface area contributed by atoms with Gasteiger partial charge < -0.3 is 15.4 Å². The van der Waals surface area contributed by atoms with Gasteiger partial charge in [-0.25, -0.2) is 9.38 Å². The van der Waals surface area contributed by atoms with E-state index in [9.17, 15) is 14.0 Å². The summed E-state index contributed by atoms with van der Waals surface area (Å²) in [5, 5.41) is 8.20. The van der Waals surface area contributed by atoms with Gasteiger partial charge in [0.05, 0.1) is 13.0 Å². The molecule has 2 amide bonds. The third kappa shape index (κ3) is 5.04. The maximum Gasteiger partial charge on any atom is 0.249 e. The predicted octanol–water partition coefficient (Wildman–Crippen LogP) is 2.52. The van der Waals surface area contributed by atoms with E-state index >= 15 is 0 Å². The highest BCUT2D eigenvalue weighted by Gasteiger charge is 2.27. The molecule has 8 heteroatoms. The Bertz CT molecular complexity index is 850. The number of anilines is 2. The zero-order valence-corrected chi connectivity index (χ0v) is 14.7. The van der Waals surface area contributed by atoms with Crippen LogP contribution in [0.25, 0.3) is 0 Å². The molecule has 1 atom stereocenters. The first-order valence-corrected chi connectivity index (χ1v) is 8.47. The Balaban J connectivity index is 1.68. The summed E-state index contributed by atoms with van der Waals surface area (Å²) in [5.41, 5.74) is 1.13. The van der Waals surface area contributed by atoms with Crippen LogP contribution in [-0.2, 0) is 9.59 Å². The average molecular weight is 370 g/mol. The summed E-state index contributed by atoms with van der Waals surface area (Å²) in [7, 11) is 0. The second-order valence-corrected chi connectivity index (χ2v) is 5.82. The summed E-state index contributed by atoms with van der Waals surface area (Å²) in [6, 6.07) is 11.6. The molecule has 0 saturated heterocycles. The summed E-state index contributed by atoms with van der Waals surface area (Å²) in [5.74, 6) is -0.242. The highest BCUT2D eigenvalue weighted by molar-refractivity contribution is 6.10. The number of carbonyl (C=O) groups is 2. The Morgan fingerprint density at radius 1 is 1.19 bits per heavy atom. The topological polar surface area (TPSA) is 91.8 Å². The first-order valence-electron chi connectivity index (χ1n) is 8.47. The van der Waals surface area contributed by atoms with Gasteiger partial charge in [0.1, 0.15) is 17.6 Å². The van der Waals surface area contributed by atoms with Crippen LogP contribution in [0.4, 0.5) is 15.8 Å². The fraction of sp³-hybridized carbons (Fsp3) is 0.211. The largest absolute Gasteiger partial charge is 0.494 e. The minimum atomic E-state index is -0.881. The number of hydrogen-bond acceptors (Lipinski definition) is 5. The van der Waals surface area contributed by atoms with Gasteiger partial charge in [0.25, 0.3) is 0 Å². The van der Waals surface area contributed by atoms with E-state index in [4.69, 9.17) is 4.74 Å². The van der Waals surface area contributed by atoms with Crippen molar-refractivity contribution in [1.29, 1.82) is 0 Å². The Morgan fingerprint density at radius 2 is 1.85 bits per heavy atom. The van der Waals surface area contributed by atoms with Crippen molar-refractivity contribution in [2.75, 3.05) is 17.2 Å². The number of rotatable bonds is 5. The molecule has 0 spiro atoms. The number of ether oxygens (including phenoxy) is 1. The van der Waals surface area contributed by atoms with Crippen LogP contribution in [0.1, 0.15) is 13.3 Å². The minimum Gasteiger partial charge on any atom is -0.494 e. The lowest BCUT2D eigenvalue weighted by Crippen LogP contribution is -2.45. The molecule has 140 valence electrons. The second-order valence-electron chi connectivity index (χ2n) is 5.82. The monoisotopic (exact) mass is 370 g/mol. The average Bonchev–Trinajstić information content (AvgIpc) is 2.65. The lowest BCUT2D eigenvalue weighted by Gasteiger charge is -2.21. The number of hydrogen-bond donors (Lipinski definition) is 3. The van der Waals surface area contributed by atoms with Gasteiger partial charge in [-0.2, -0.15) is 0 Å². The fourth-order valence-electron chi connectivity index (χ4n) is 2.50. The lowest BCUT2D eigenvalue weighted by molar-refractivity contribution is -0.124. The molecule has 0 bridgehead atoms. The summed E-state index contributed by atoms with van der Waals surface area (Å²) in [4.78, 5) is 28.6. The number of halogens is 1. The molecule has 7 nitrogen and oxygen atoms in total. The molecule has 1 heterocycles. The Morgan fingerprint density at radius 3 is 2.52 bits per heavy atom. The van der Waals surface area contributed by atoms with Crippen LogP contribution in [-0.4, -0.2) is 30.4 Å². The standard InChI is InChI=1S/C19H19FN4O3/c1-2-27-15-9-7-14(8-10-15)22-19-23-16(11-17(25)24-19)18(26)21-13-5-3-12(20)4-6-13/h3-10,16H,2,11H2,1H3,(H,21,26)(H2,22,23,24,25). The number of carbonyl (C=O) groups excluding carboxylic acids is 2. The molecule has 0 aliphatic carbocycles. The van der Waals surface area contributed by atoms with E-state index in [0.29, 0.717) is 18.0 Å². The molecule has 1 unspecified atom stereocenters. The fourth-order valence-corrected chi connectivity index (χ4v) is 2.50. The molecule has 27 heavy (non-hydrogen) atoms. The zero-order chi connectivity index (χ0) is 19.2. The van der Waals surface area contributed by atoms with Crippen molar-refractivity contribution in [2.45, 2.75) is 19.4 Å². The van der Waals surface area contributed by atoms with Crippen LogP contribution >= 0.6 is 0 Å². The van der Waals surface area contributed by atoms with Gasteiger partial charge in [-0.15, -0.1) is 0 Å². The molecule has 1 aliphatic heterocycles. The molecule has 0 saturated carbocycles. The maximum atomic E-state index is 13.0. The molecule has 0 aromatic heterocycles. The molecular weight excluding hydrogens is 351 g/mol. The van der Waals surface area contributed by atoms with Crippen LogP contribution < -0.4 is 20.7 Å². The van der Waals surface area contributed by atoms with Crippen LogP contribution in [0.3, 0.4) is 0 Å². The van der Waals surface area contributed by atoms with E-state index in [0.717, 1.165) is 5.75 Å². The van der Waals surface area contributed by atoms with E-state index in [1.54, 1.807) is 24.3 Å². The summed E-state index contributed by atoms with van der Waals surface area (Å²) < 4.78 is 18.3. The summed E-state index contributed by atoms with van der Waals surface area (Å²) in [6.07, 6.45) is -0.0680. The van der Waals surface area contributed by atoms with Crippen molar-refractivity contribution in [3.8, 4) is 5.75 Å². The molecular formula is C19H19FN4O3. The van der Waals surface area contributed by atoms with E-state index in [2.05, 4.69) is 20.9 Å². The molecule has 2 aromatic carbocycles. The van der Waals surface area contributed by atoms with Crippen LogP contribution in [0, 0.1) is 5.82 Å². The van der Waals surface area contributed by atoms with Gasteiger partial charge in [0.2, 0.25) is 17.8 Å². The maximum absolute atomic E-state index is 13.0. The van der Waals surface area contributed by atoms with Crippen molar-refractivity contribution in [1.82, 2.24) is 5.32 Å². The third-order valence-electron chi connectivity index (χ3n) is 3.76. The van der Waals surface area contributed by atoms with Crippen LogP contribution in [0.15, 0.2) is 53.5 Å². The molecule has 0 radical (unpaired) electrons. The SMILES string of the molecule is CCOc1ccc(NC2=NC(C(=O)Nc3ccc(F)cc3)CC(=O)N2)cc1. The number of aliphatic imine (C=N–C) groups is 1. The van der Waals surface area contributed by atoms with E-state index in [1.165, 1.54) is 24.3 Å². The van der Waals surface area contributed by atoms with E-state index in [-0.39, 0.29) is 18.3 Å². The van der Waals surface area contributed by atoms with Gasteiger partial charge in [0, 0.05) is 11.4 Å². The minimum absolute atomic E-state index is 0.0680. The van der Waals surface area contributed by atoms with Crippen LogP contribution in [0.5, 0.6) is 5.75 Å². The molecule has 1 aliphatic rings. The predicted molar refractivity (Wildman–Crippen MR) is 100 cm³/mol. The molecule has 0 fully saturated rings. The normalized spacial score (nSPS) is 16.1. The van der Waals surface area contributed by atoms with Gasteiger partial charge in [-0.1, -0.05) is 0 Å². The summed E-state index contributed by atoms with van der Waals surface area (Å²) in [6.45, 7) is 2.47. The smallest absolute Gasteiger partial charge is 0.249 e. The van der Waals surface area contributed by atoms with Crippen molar-refractivity contribution < 1.29 is 18.7 Å².